The first-order valence-electron chi connectivity index (χ1n) is 12.7. The first-order valence-corrected chi connectivity index (χ1v) is 12.7. The standard InChI is InChI=1S/C28H38N4O4/c1-19(29)26(34)30-12-14-31(15-13-30)27(35)22-7-5-6-21-17-32(18-23(21)22)28(2,3)11-10-20-8-9-24(33)25(16-20)36-4/h5-9,16,19,33H,10-15,17-18,29H2,1-4H3. The fourth-order valence-corrected chi connectivity index (χ4v) is 5.12. The molecule has 1 atom stereocenters. The van der Waals surface area contributed by atoms with Crippen molar-refractivity contribution in [2.75, 3.05) is 33.3 Å². The maximum Gasteiger partial charge on any atom is 0.254 e. The van der Waals surface area contributed by atoms with E-state index in [9.17, 15) is 14.7 Å². The Morgan fingerprint density at radius 2 is 1.78 bits per heavy atom. The average Bonchev–Trinajstić information content (AvgIpc) is 3.33. The highest BCUT2D eigenvalue weighted by Crippen LogP contribution is 2.35. The van der Waals surface area contributed by atoms with E-state index in [1.807, 2.05) is 29.2 Å². The normalized spacial score (nSPS) is 17.1. The lowest BCUT2D eigenvalue weighted by Crippen LogP contribution is -2.53. The number of fused-ring (bicyclic) bond motifs is 1. The fourth-order valence-electron chi connectivity index (χ4n) is 5.12. The van der Waals surface area contributed by atoms with Crippen molar-refractivity contribution in [2.24, 2.45) is 5.73 Å². The third kappa shape index (κ3) is 5.34. The number of nitrogens with two attached hydrogens (primary N) is 1. The molecule has 194 valence electrons. The second-order valence-electron chi connectivity index (χ2n) is 10.5. The van der Waals surface area contributed by atoms with Crippen LogP contribution in [0.1, 0.15) is 54.2 Å². The van der Waals surface area contributed by atoms with Crippen molar-refractivity contribution in [3.63, 3.8) is 0 Å². The van der Waals surface area contributed by atoms with Crippen LogP contribution in [0.5, 0.6) is 11.5 Å². The summed E-state index contributed by atoms with van der Waals surface area (Å²) >= 11 is 0. The van der Waals surface area contributed by atoms with Crippen molar-refractivity contribution in [3.8, 4) is 11.5 Å². The fraction of sp³-hybridized carbons (Fsp3) is 0.500. The lowest BCUT2D eigenvalue weighted by Gasteiger charge is -2.36. The molecule has 0 radical (unpaired) electrons. The predicted molar refractivity (Wildman–Crippen MR) is 139 cm³/mol. The molecule has 1 fully saturated rings. The monoisotopic (exact) mass is 494 g/mol. The lowest BCUT2D eigenvalue weighted by atomic mass is 9.93. The highest BCUT2D eigenvalue weighted by Gasteiger charge is 2.35. The molecule has 0 saturated carbocycles. The van der Waals surface area contributed by atoms with Gasteiger partial charge in [-0.05, 0) is 68.5 Å². The van der Waals surface area contributed by atoms with Crippen LogP contribution in [0.4, 0.5) is 0 Å². The number of phenolic OH excluding ortho intramolecular Hbond substituents is 1. The Morgan fingerprint density at radius 3 is 2.44 bits per heavy atom. The van der Waals surface area contributed by atoms with Gasteiger partial charge in [-0.25, -0.2) is 0 Å². The minimum absolute atomic E-state index is 0.0376. The third-order valence-electron chi connectivity index (χ3n) is 7.61. The predicted octanol–water partition coefficient (Wildman–Crippen LogP) is 2.76. The second kappa shape index (κ2) is 10.5. The van der Waals surface area contributed by atoms with Crippen molar-refractivity contribution in [1.29, 1.82) is 0 Å². The Balaban J connectivity index is 1.41. The number of benzene rings is 2. The number of carbonyl (C=O) groups excluding carboxylic acids is 2. The van der Waals surface area contributed by atoms with Gasteiger partial charge in [-0.1, -0.05) is 18.2 Å². The summed E-state index contributed by atoms with van der Waals surface area (Å²) in [6.07, 6.45) is 1.78. The maximum absolute atomic E-state index is 13.5. The molecule has 1 unspecified atom stereocenters. The summed E-state index contributed by atoms with van der Waals surface area (Å²) in [6, 6.07) is 11.0. The third-order valence-corrected chi connectivity index (χ3v) is 7.61. The number of methoxy groups -OCH3 is 1. The number of amides is 2. The lowest BCUT2D eigenvalue weighted by molar-refractivity contribution is -0.133. The first-order chi connectivity index (χ1) is 17.1. The van der Waals surface area contributed by atoms with Crippen molar-refractivity contribution >= 4 is 11.8 Å². The smallest absolute Gasteiger partial charge is 0.254 e. The molecule has 2 aliphatic rings. The molecule has 2 heterocycles. The Kier molecular flexibility index (Phi) is 7.57. The Morgan fingerprint density at radius 1 is 1.08 bits per heavy atom. The molecule has 8 nitrogen and oxygen atoms in total. The summed E-state index contributed by atoms with van der Waals surface area (Å²) in [6.45, 7) is 9.79. The number of hydrogen-bond acceptors (Lipinski definition) is 6. The van der Waals surface area contributed by atoms with Gasteiger partial charge in [0.1, 0.15) is 0 Å². The quantitative estimate of drug-likeness (QED) is 0.614. The van der Waals surface area contributed by atoms with Crippen LogP contribution in [-0.4, -0.2) is 76.5 Å². The number of aromatic hydroxyl groups is 1. The van der Waals surface area contributed by atoms with Crippen LogP contribution in [0.3, 0.4) is 0 Å². The van der Waals surface area contributed by atoms with Crippen molar-refractivity contribution < 1.29 is 19.4 Å². The molecular formula is C28H38N4O4. The minimum Gasteiger partial charge on any atom is -0.504 e. The van der Waals surface area contributed by atoms with Crippen LogP contribution in [-0.2, 0) is 24.3 Å². The van der Waals surface area contributed by atoms with Crippen LogP contribution >= 0.6 is 0 Å². The number of hydrogen-bond donors (Lipinski definition) is 2. The van der Waals surface area contributed by atoms with Gasteiger partial charge in [-0.3, -0.25) is 14.5 Å². The van der Waals surface area contributed by atoms with Crippen LogP contribution in [0.25, 0.3) is 0 Å². The number of ether oxygens (including phenoxy) is 1. The highest BCUT2D eigenvalue weighted by atomic mass is 16.5. The van der Waals surface area contributed by atoms with Crippen molar-refractivity contribution in [1.82, 2.24) is 14.7 Å². The van der Waals surface area contributed by atoms with Crippen molar-refractivity contribution in [3.05, 3.63) is 58.7 Å². The Bertz CT molecular complexity index is 1120. The molecule has 0 bridgehead atoms. The summed E-state index contributed by atoms with van der Waals surface area (Å²) in [5.41, 5.74) is 9.85. The van der Waals surface area contributed by atoms with Gasteiger partial charge in [0.25, 0.3) is 5.91 Å². The van der Waals surface area contributed by atoms with E-state index in [4.69, 9.17) is 10.5 Å². The molecule has 8 heteroatoms. The second-order valence-corrected chi connectivity index (χ2v) is 10.5. The van der Waals surface area contributed by atoms with Gasteiger partial charge < -0.3 is 25.4 Å². The summed E-state index contributed by atoms with van der Waals surface area (Å²) in [7, 11) is 1.56. The molecule has 2 amide bonds. The number of piperazine rings is 1. The largest absolute Gasteiger partial charge is 0.504 e. The van der Waals surface area contributed by atoms with Gasteiger partial charge >= 0.3 is 0 Å². The van der Waals surface area contributed by atoms with E-state index in [2.05, 4.69) is 24.8 Å². The molecule has 1 saturated heterocycles. The molecule has 3 N–H and O–H groups in total. The van der Waals surface area contributed by atoms with Gasteiger partial charge in [0.05, 0.1) is 13.2 Å². The molecule has 0 spiro atoms. The van der Waals surface area contributed by atoms with E-state index in [0.29, 0.717) is 31.9 Å². The number of aryl methyl sites for hydroxylation is 1. The zero-order valence-corrected chi connectivity index (χ0v) is 21.8. The zero-order valence-electron chi connectivity index (χ0n) is 21.8. The van der Waals surface area contributed by atoms with E-state index in [1.165, 1.54) is 5.56 Å². The molecule has 0 aliphatic carbocycles. The molecular weight excluding hydrogens is 456 g/mol. The van der Waals surface area contributed by atoms with Gasteiger partial charge in [0, 0.05) is 50.4 Å². The van der Waals surface area contributed by atoms with Crippen LogP contribution in [0, 0.1) is 0 Å². The van der Waals surface area contributed by atoms with Crippen LogP contribution in [0.15, 0.2) is 36.4 Å². The SMILES string of the molecule is COc1cc(CCC(C)(C)N2Cc3cccc(C(=O)N4CCN(C(=O)C(C)N)CC4)c3C2)ccc1O. The maximum atomic E-state index is 13.5. The van der Waals surface area contributed by atoms with E-state index >= 15 is 0 Å². The van der Waals surface area contributed by atoms with Crippen molar-refractivity contribution in [2.45, 2.75) is 58.3 Å². The summed E-state index contributed by atoms with van der Waals surface area (Å²) in [5.74, 6) is 0.612. The van der Waals surface area contributed by atoms with E-state index < -0.39 is 6.04 Å². The first kappa shape index (κ1) is 26.0. The van der Waals surface area contributed by atoms with Crippen LogP contribution in [0.2, 0.25) is 0 Å². The summed E-state index contributed by atoms with van der Waals surface area (Å²) < 4.78 is 5.25. The van der Waals surface area contributed by atoms with Gasteiger partial charge in [-0.2, -0.15) is 0 Å². The number of carbonyl (C=O) groups is 2. The number of phenols is 1. The highest BCUT2D eigenvalue weighted by molar-refractivity contribution is 5.96. The summed E-state index contributed by atoms with van der Waals surface area (Å²) in [5, 5.41) is 9.87. The average molecular weight is 495 g/mol. The molecule has 2 aliphatic heterocycles. The van der Waals surface area contributed by atoms with E-state index in [1.54, 1.807) is 25.0 Å². The van der Waals surface area contributed by atoms with E-state index in [-0.39, 0.29) is 23.1 Å². The van der Waals surface area contributed by atoms with Gasteiger partial charge in [0.15, 0.2) is 11.5 Å². The number of rotatable bonds is 7. The molecule has 36 heavy (non-hydrogen) atoms. The van der Waals surface area contributed by atoms with Crippen LogP contribution < -0.4 is 10.5 Å². The molecule has 0 aromatic heterocycles. The Hall–Kier alpha value is -3.10. The molecule has 4 rings (SSSR count). The summed E-state index contributed by atoms with van der Waals surface area (Å²) in [4.78, 5) is 31.7. The zero-order chi connectivity index (χ0) is 26.0. The Labute approximate surface area is 213 Å². The van der Waals surface area contributed by atoms with Gasteiger partial charge in [0.2, 0.25) is 5.91 Å². The minimum atomic E-state index is -0.518. The topological polar surface area (TPSA) is 99.3 Å². The molecule has 2 aromatic carbocycles. The van der Waals surface area contributed by atoms with E-state index in [0.717, 1.165) is 42.6 Å². The molecule has 2 aromatic rings. The van der Waals surface area contributed by atoms with Gasteiger partial charge in [-0.15, -0.1) is 0 Å². The number of nitrogens with zero attached hydrogens (tertiary/aromatic N) is 3.